The van der Waals surface area contributed by atoms with Gasteiger partial charge in [0.05, 0.1) is 10.0 Å². The average Bonchev–Trinajstić information content (AvgIpc) is 2.19. The Morgan fingerprint density at radius 1 is 1.36 bits per heavy atom. The summed E-state index contributed by atoms with van der Waals surface area (Å²) >= 11 is 15.2. The van der Waals surface area contributed by atoms with Crippen LogP contribution in [0, 0.1) is 0 Å². The summed E-state index contributed by atoms with van der Waals surface area (Å²) in [5.74, 6) is 0. The van der Waals surface area contributed by atoms with Crippen molar-refractivity contribution in [2.45, 2.75) is 13.3 Å². The molecule has 1 aromatic carbocycles. The number of hydrogen-bond acceptors (Lipinski definition) is 0. The van der Waals surface area contributed by atoms with Gasteiger partial charge < -0.3 is 0 Å². The van der Waals surface area contributed by atoms with Crippen molar-refractivity contribution in [1.82, 2.24) is 0 Å². The van der Waals surface area contributed by atoms with Crippen LogP contribution in [-0.4, -0.2) is 5.33 Å². The molecule has 0 bridgehead atoms. The molecular weight excluding hydrogens is 283 g/mol. The van der Waals surface area contributed by atoms with Crippen molar-refractivity contribution in [2.24, 2.45) is 0 Å². The quantitative estimate of drug-likeness (QED) is 0.674. The Bertz CT molecular complexity index is 339. The second-order valence-electron chi connectivity index (χ2n) is 2.96. The van der Waals surface area contributed by atoms with Crippen LogP contribution in [0.2, 0.25) is 10.0 Å². The number of halogens is 3. The molecule has 76 valence electrons. The first-order valence-electron chi connectivity index (χ1n) is 4.37. The van der Waals surface area contributed by atoms with Gasteiger partial charge in [-0.15, -0.1) is 0 Å². The van der Waals surface area contributed by atoms with Crippen molar-refractivity contribution in [1.29, 1.82) is 0 Å². The van der Waals surface area contributed by atoms with Crippen LogP contribution in [-0.2, 0) is 0 Å². The molecule has 0 aliphatic rings. The molecule has 0 spiro atoms. The van der Waals surface area contributed by atoms with Gasteiger partial charge in [-0.2, -0.15) is 0 Å². The molecule has 0 radical (unpaired) electrons. The molecule has 0 aliphatic heterocycles. The average molecular weight is 294 g/mol. The number of alkyl halides is 1. The molecule has 0 unspecified atom stereocenters. The smallest absolute Gasteiger partial charge is 0.0598 e. The summed E-state index contributed by atoms with van der Waals surface area (Å²) < 4.78 is 0. The summed E-state index contributed by atoms with van der Waals surface area (Å²) in [4.78, 5) is 0. The minimum atomic E-state index is 0.598. The lowest BCUT2D eigenvalue weighted by molar-refractivity contribution is 1.12. The van der Waals surface area contributed by atoms with Crippen molar-refractivity contribution in [2.75, 3.05) is 5.33 Å². The van der Waals surface area contributed by atoms with Crippen LogP contribution in [0.15, 0.2) is 23.8 Å². The highest BCUT2D eigenvalue weighted by Gasteiger charge is 1.98. The maximum Gasteiger partial charge on any atom is 0.0598 e. The number of allylic oxidation sites excluding steroid dienone is 1. The van der Waals surface area contributed by atoms with Gasteiger partial charge in [0.2, 0.25) is 0 Å². The molecule has 0 saturated heterocycles. The van der Waals surface area contributed by atoms with Gasteiger partial charge in [0.25, 0.3) is 0 Å². The minimum absolute atomic E-state index is 0.598. The topological polar surface area (TPSA) is 0 Å². The zero-order chi connectivity index (χ0) is 10.6. The Kier molecular flexibility index (Phi) is 5.00. The molecule has 0 fully saturated rings. The maximum atomic E-state index is 5.91. The van der Waals surface area contributed by atoms with Crippen molar-refractivity contribution in [3.8, 4) is 0 Å². The number of hydrogen-bond donors (Lipinski definition) is 0. The first kappa shape index (κ1) is 12.1. The number of benzene rings is 1. The van der Waals surface area contributed by atoms with E-state index in [9.17, 15) is 0 Å². The predicted molar refractivity (Wildman–Crippen MR) is 68.5 cm³/mol. The van der Waals surface area contributed by atoms with Gasteiger partial charge in [-0.05, 0) is 24.1 Å². The molecule has 1 aromatic rings. The van der Waals surface area contributed by atoms with Gasteiger partial charge in [0, 0.05) is 5.33 Å². The van der Waals surface area contributed by atoms with Crippen molar-refractivity contribution < 1.29 is 0 Å². The summed E-state index contributed by atoms with van der Waals surface area (Å²) in [7, 11) is 0. The Hall–Kier alpha value is 0.0200. The van der Waals surface area contributed by atoms with Gasteiger partial charge >= 0.3 is 0 Å². The molecule has 14 heavy (non-hydrogen) atoms. The molecule has 0 aromatic heterocycles. The van der Waals surface area contributed by atoms with Crippen molar-refractivity contribution in [3.63, 3.8) is 0 Å². The zero-order valence-electron chi connectivity index (χ0n) is 7.86. The van der Waals surface area contributed by atoms with E-state index < -0.39 is 0 Å². The summed E-state index contributed by atoms with van der Waals surface area (Å²) in [6, 6.07) is 5.66. The van der Waals surface area contributed by atoms with E-state index in [1.54, 1.807) is 0 Å². The summed E-state index contributed by atoms with van der Waals surface area (Å²) in [6.07, 6.45) is 3.16. The second kappa shape index (κ2) is 5.79. The summed E-state index contributed by atoms with van der Waals surface area (Å²) in [6.45, 7) is 2.13. The highest BCUT2D eigenvalue weighted by Crippen LogP contribution is 2.24. The predicted octanol–water partition coefficient (Wildman–Crippen LogP) is 5.18. The normalized spacial score (nSPS) is 11.9. The molecule has 1 rings (SSSR count). The van der Waals surface area contributed by atoms with E-state index >= 15 is 0 Å². The first-order chi connectivity index (χ1) is 6.67. The van der Waals surface area contributed by atoms with Crippen LogP contribution in [0.1, 0.15) is 18.9 Å². The number of rotatable bonds is 3. The van der Waals surface area contributed by atoms with Gasteiger partial charge in [-0.3, -0.25) is 0 Å². The van der Waals surface area contributed by atoms with E-state index in [2.05, 4.69) is 28.9 Å². The molecule has 0 saturated carbocycles. The van der Waals surface area contributed by atoms with Crippen LogP contribution in [0.4, 0.5) is 0 Å². The molecule has 0 amide bonds. The fraction of sp³-hybridized carbons (Fsp3) is 0.273. The third-order valence-corrected chi connectivity index (χ3v) is 3.40. The van der Waals surface area contributed by atoms with Gasteiger partial charge in [0.1, 0.15) is 0 Å². The third-order valence-electron chi connectivity index (χ3n) is 1.94. The van der Waals surface area contributed by atoms with Gasteiger partial charge in [0.15, 0.2) is 0 Å². The van der Waals surface area contributed by atoms with E-state index in [0.717, 1.165) is 17.3 Å². The Balaban J connectivity index is 2.97. The monoisotopic (exact) mass is 292 g/mol. The largest absolute Gasteiger partial charge is 0.0880 e. The Morgan fingerprint density at radius 2 is 2.07 bits per heavy atom. The molecular formula is C11H11BrCl2. The SMILES string of the molecule is CC/C(=C/c1ccc(Cl)c(Cl)c1)CBr. The fourth-order valence-corrected chi connectivity index (χ4v) is 1.94. The molecule has 0 aliphatic carbocycles. The van der Waals surface area contributed by atoms with Crippen LogP contribution in [0.3, 0.4) is 0 Å². The molecule has 0 N–H and O–H groups in total. The van der Waals surface area contributed by atoms with Crippen molar-refractivity contribution >= 4 is 45.2 Å². The van der Waals surface area contributed by atoms with Crippen LogP contribution >= 0.6 is 39.1 Å². The first-order valence-corrected chi connectivity index (χ1v) is 6.25. The van der Waals surface area contributed by atoms with Crippen molar-refractivity contribution in [3.05, 3.63) is 39.4 Å². The lowest BCUT2D eigenvalue weighted by Gasteiger charge is -2.01. The third kappa shape index (κ3) is 3.30. The lowest BCUT2D eigenvalue weighted by Crippen LogP contribution is -1.82. The van der Waals surface area contributed by atoms with E-state index in [1.807, 2.05) is 18.2 Å². The second-order valence-corrected chi connectivity index (χ2v) is 4.34. The molecule has 0 heterocycles. The lowest BCUT2D eigenvalue weighted by atomic mass is 10.1. The van der Waals surface area contributed by atoms with E-state index in [0.29, 0.717) is 10.0 Å². The minimum Gasteiger partial charge on any atom is -0.0880 e. The summed E-state index contributed by atoms with van der Waals surface area (Å²) in [5, 5.41) is 2.09. The standard InChI is InChI=1S/C11H11BrCl2/c1-2-8(7-12)5-9-3-4-10(13)11(14)6-9/h3-6H,2,7H2,1H3/b8-5-. The van der Waals surface area contributed by atoms with Gasteiger partial charge in [-0.25, -0.2) is 0 Å². The highest BCUT2D eigenvalue weighted by molar-refractivity contribution is 9.09. The van der Waals surface area contributed by atoms with E-state index in [1.165, 1.54) is 5.57 Å². The van der Waals surface area contributed by atoms with Crippen LogP contribution in [0.25, 0.3) is 6.08 Å². The molecule has 0 nitrogen and oxygen atoms in total. The van der Waals surface area contributed by atoms with Crippen LogP contribution in [0.5, 0.6) is 0 Å². The highest BCUT2D eigenvalue weighted by atomic mass is 79.9. The van der Waals surface area contributed by atoms with E-state index in [-0.39, 0.29) is 0 Å². The van der Waals surface area contributed by atoms with Gasteiger partial charge in [-0.1, -0.05) is 63.8 Å². The molecule has 3 heteroatoms. The van der Waals surface area contributed by atoms with Crippen LogP contribution < -0.4 is 0 Å². The molecule has 0 atom stereocenters. The maximum absolute atomic E-state index is 5.91. The Labute approximate surface area is 103 Å². The summed E-state index contributed by atoms with van der Waals surface area (Å²) in [5.41, 5.74) is 2.43. The van der Waals surface area contributed by atoms with E-state index in [4.69, 9.17) is 23.2 Å². The zero-order valence-corrected chi connectivity index (χ0v) is 11.0. The Morgan fingerprint density at radius 3 is 2.57 bits per heavy atom. The fourth-order valence-electron chi connectivity index (χ4n) is 1.07.